The van der Waals surface area contributed by atoms with Gasteiger partial charge in [0.25, 0.3) is 14.7 Å². The lowest BCUT2D eigenvalue weighted by Gasteiger charge is -2.04. The first-order valence-corrected chi connectivity index (χ1v) is 7.83. The van der Waals surface area contributed by atoms with E-state index in [0.717, 1.165) is 0 Å². The molecule has 0 bridgehead atoms. The van der Waals surface area contributed by atoms with Gasteiger partial charge in [0.05, 0.1) is 11.5 Å². The molecule has 0 fully saturated rings. The number of nitro groups is 1. The zero-order valence-corrected chi connectivity index (χ0v) is 11.9. The second-order valence-corrected chi connectivity index (χ2v) is 6.37. The topological polar surface area (TPSA) is 112 Å². The van der Waals surface area contributed by atoms with Crippen molar-refractivity contribution >= 4 is 31.3 Å². The van der Waals surface area contributed by atoms with Crippen molar-refractivity contribution in [1.82, 2.24) is 0 Å². The first-order chi connectivity index (χ1) is 9.86. The summed E-state index contributed by atoms with van der Waals surface area (Å²) in [5, 5.41) is 10.1. The molecule has 0 amide bonds. The predicted molar refractivity (Wildman–Crippen MR) is 73.3 cm³/mol. The molecule has 1 aromatic carbocycles. The quantitative estimate of drug-likeness (QED) is 0.491. The SMILES string of the molecule is O=[N+]([O-])c1ccc(CONc2ccc(S(=O)(=O)Cl)o2)cc1. The van der Waals surface area contributed by atoms with Crippen molar-refractivity contribution in [2.45, 2.75) is 11.7 Å². The van der Waals surface area contributed by atoms with Crippen LogP contribution in [0.3, 0.4) is 0 Å². The van der Waals surface area contributed by atoms with Crippen molar-refractivity contribution in [3.63, 3.8) is 0 Å². The lowest BCUT2D eigenvalue weighted by molar-refractivity contribution is -0.384. The summed E-state index contributed by atoms with van der Waals surface area (Å²) in [5.74, 6) is 0.0659. The molecule has 1 aromatic heterocycles. The number of nitrogens with one attached hydrogen (secondary N) is 1. The van der Waals surface area contributed by atoms with Gasteiger partial charge in [-0.05, 0) is 23.8 Å². The van der Waals surface area contributed by atoms with E-state index in [0.29, 0.717) is 5.56 Å². The molecule has 0 atom stereocenters. The molecule has 2 rings (SSSR count). The highest BCUT2D eigenvalue weighted by atomic mass is 35.7. The Morgan fingerprint density at radius 3 is 2.43 bits per heavy atom. The highest BCUT2D eigenvalue weighted by molar-refractivity contribution is 8.13. The largest absolute Gasteiger partial charge is 0.426 e. The van der Waals surface area contributed by atoms with Crippen molar-refractivity contribution in [3.8, 4) is 0 Å². The molecule has 0 aliphatic heterocycles. The number of nitrogens with zero attached hydrogens (tertiary/aromatic N) is 1. The third-order valence-electron chi connectivity index (χ3n) is 2.38. The van der Waals surface area contributed by atoms with Crippen LogP contribution >= 0.6 is 10.7 Å². The number of hydrogen-bond donors (Lipinski definition) is 1. The van der Waals surface area contributed by atoms with Crippen LogP contribution in [0.4, 0.5) is 11.6 Å². The summed E-state index contributed by atoms with van der Waals surface area (Å²) >= 11 is 0. The van der Waals surface area contributed by atoms with Crippen LogP contribution in [0.15, 0.2) is 45.9 Å². The number of furan rings is 1. The van der Waals surface area contributed by atoms with Crippen LogP contribution in [0.2, 0.25) is 0 Å². The Labute approximate surface area is 123 Å². The molecule has 0 unspecified atom stereocenters. The van der Waals surface area contributed by atoms with Gasteiger partial charge in [0, 0.05) is 28.9 Å². The van der Waals surface area contributed by atoms with E-state index in [4.69, 9.17) is 19.9 Å². The standard InChI is InChI=1S/C11H9ClN2O6S/c12-21(17,18)11-6-5-10(20-11)13-19-7-8-1-3-9(4-2-8)14(15)16/h1-6,13H,7H2. The second-order valence-electron chi connectivity index (χ2n) is 3.87. The zero-order chi connectivity index (χ0) is 15.5. The molecule has 1 N–H and O–H groups in total. The van der Waals surface area contributed by atoms with E-state index >= 15 is 0 Å². The highest BCUT2D eigenvalue weighted by Gasteiger charge is 2.15. The monoisotopic (exact) mass is 332 g/mol. The maximum Gasteiger partial charge on any atom is 0.294 e. The summed E-state index contributed by atoms with van der Waals surface area (Å²) in [6.45, 7) is 0.0989. The Bertz CT molecular complexity index is 740. The van der Waals surface area contributed by atoms with Crippen LogP contribution in [0.25, 0.3) is 0 Å². The van der Waals surface area contributed by atoms with Gasteiger partial charge in [0.2, 0.25) is 11.0 Å². The van der Waals surface area contributed by atoms with Gasteiger partial charge in [-0.1, -0.05) is 0 Å². The molecule has 8 nitrogen and oxygen atoms in total. The van der Waals surface area contributed by atoms with Crippen LogP contribution in [0.5, 0.6) is 0 Å². The van der Waals surface area contributed by atoms with Crippen LogP contribution in [-0.4, -0.2) is 13.3 Å². The van der Waals surface area contributed by atoms with Crippen LogP contribution in [-0.2, 0) is 20.5 Å². The van der Waals surface area contributed by atoms with E-state index < -0.39 is 19.1 Å². The van der Waals surface area contributed by atoms with Crippen molar-refractivity contribution in [3.05, 3.63) is 52.1 Å². The van der Waals surface area contributed by atoms with E-state index in [1.165, 1.54) is 36.4 Å². The normalized spacial score (nSPS) is 11.3. The molecule has 112 valence electrons. The number of nitro benzene ring substituents is 1. The van der Waals surface area contributed by atoms with E-state index in [-0.39, 0.29) is 18.2 Å². The Morgan fingerprint density at radius 2 is 1.90 bits per heavy atom. The van der Waals surface area contributed by atoms with Gasteiger partial charge >= 0.3 is 0 Å². The third kappa shape index (κ3) is 4.18. The third-order valence-corrected chi connectivity index (χ3v) is 3.54. The van der Waals surface area contributed by atoms with E-state index in [9.17, 15) is 18.5 Å². The minimum absolute atomic E-state index is 0.0188. The number of non-ortho nitro benzene ring substituents is 1. The van der Waals surface area contributed by atoms with E-state index in [1.807, 2.05) is 0 Å². The van der Waals surface area contributed by atoms with Gasteiger partial charge in [-0.15, -0.1) is 0 Å². The Morgan fingerprint density at radius 1 is 1.24 bits per heavy atom. The van der Waals surface area contributed by atoms with Crippen molar-refractivity contribution in [2.75, 3.05) is 5.48 Å². The maximum absolute atomic E-state index is 11.0. The molecule has 0 spiro atoms. The lowest BCUT2D eigenvalue weighted by Crippen LogP contribution is -2.00. The Kier molecular flexibility index (Phi) is 4.46. The van der Waals surface area contributed by atoms with Gasteiger partial charge < -0.3 is 4.42 Å². The fourth-order valence-electron chi connectivity index (χ4n) is 1.41. The van der Waals surface area contributed by atoms with Crippen LogP contribution < -0.4 is 5.48 Å². The summed E-state index contributed by atoms with van der Waals surface area (Å²) < 4.78 is 26.8. The molecule has 0 aliphatic carbocycles. The predicted octanol–water partition coefficient (Wildman–Crippen LogP) is 2.66. The number of hydrogen-bond acceptors (Lipinski definition) is 7. The summed E-state index contributed by atoms with van der Waals surface area (Å²) in [7, 11) is 1.17. The number of benzene rings is 1. The number of anilines is 1. The van der Waals surface area contributed by atoms with Gasteiger partial charge in [0.1, 0.15) is 0 Å². The molecule has 21 heavy (non-hydrogen) atoms. The molecule has 10 heteroatoms. The minimum atomic E-state index is -3.93. The molecular formula is C11H9ClN2O6S. The molecule has 0 saturated carbocycles. The number of halogens is 1. The first kappa shape index (κ1) is 15.3. The lowest BCUT2D eigenvalue weighted by atomic mass is 10.2. The van der Waals surface area contributed by atoms with Gasteiger partial charge in [-0.2, -0.15) is 0 Å². The second kappa shape index (κ2) is 6.12. The zero-order valence-electron chi connectivity index (χ0n) is 10.4. The molecule has 1 heterocycles. The Hall–Kier alpha value is -2.10. The fourth-order valence-corrected chi connectivity index (χ4v) is 2.08. The van der Waals surface area contributed by atoms with Crippen LogP contribution in [0.1, 0.15) is 5.56 Å². The van der Waals surface area contributed by atoms with E-state index in [1.54, 1.807) is 0 Å². The highest BCUT2D eigenvalue weighted by Crippen LogP contribution is 2.21. The Balaban J connectivity index is 1.89. The fraction of sp³-hybridized carbons (Fsp3) is 0.0909. The smallest absolute Gasteiger partial charge is 0.294 e. The molecule has 0 aliphatic rings. The van der Waals surface area contributed by atoms with Crippen molar-refractivity contribution in [2.24, 2.45) is 0 Å². The molecule has 0 radical (unpaired) electrons. The average Bonchev–Trinajstić information content (AvgIpc) is 2.88. The van der Waals surface area contributed by atoms with Crippen molar-refractivity contribution in [1.29, 1.82) is 0 Å². The van der Waals surface area contributed by atoms with Crippen molar-refractivity contribution < 1.29 is 22.6 Å². The molecule has 2 aromatic rings. The van der Waals surface area contributed by atoms with E-state index in [2.05, 4.69) is 5.48 Å². The maximum atomic E-state index is 11.0. The first-order valence-electron chi connectivity index (χ1n) is 5.52. The summed E-state index contributed by atoms with van der Waals surface area (Å²) in [4.78, 5) is 15.1. The summed E-state index contributed by atoms with van der Waals surface area (Å²) in [6, 6.07) is 8.30. The summed E-state index contributed by atoms with van der Waals surface area (Å²) in [5.41, 5.74) is 3.07. The van der Waals surface area contributed by atoms with Gasteiger partial charge in [-0.3, -0.25) is 15.0 Å². The summed E-state index contributed by atoms with van der Waals surface area (Å²) in [6.07, 6.45) is 0. The number of rotatable bonds is 6. The minimum Gasteiger partial charge on any atom is -0.426 e. The van der Waals surface area contributed by atoms with Gasteiger partial charge in [-0.25, -0.2) is 13.9 Å². The molecule has 0 saturated heterocycles. The molecular weight excluding hydrogens is 324 g/mol. The van der Waals surface area contributed by atoms with Gasteiger partial charge in [0.15, 0.2) is 0 Å². The average molecular weight is 333 g/mol. The van der Waals surface area contributed by atoms with Crippen LogP contribution in [0, 0.1) is 10.1 Å².